The van der Waals surface area contributed by atoms with Crippen molar-refractivity contribution in [2.45, 2.75) is 51.6 Å². The van der Waals surface area contributed by atoms with Crippen LogP contribution in [-0.2, 0) is 6.18 Å². The molecule has 0 unspecified atom stereocenters. The molecule has 14 heteroatoms. The molecule has 0 bridgehead atoms. The van der Waals surface area contributed by atoms with Crippen molar-refractivity contribution in [3.63, 3.8) is 0 Å². The Hall–Kier alpha value is -3.39. The summed E-state index contributed by atoms with van der Waals surface area (Å²) in [5.74, 6) is -0.215. The highest BCUT2D eigenvalue weighted by molar-refractivity contribution is 7.10. The third-order valence-electron chi connectivity index (χ3n) is 5.93. The second kappa shape index (κ2) is 12.0. The molecule has 1 aliphatic rings. The number of anilines is 3. The minimum Gasteiger partial charge on any atom is -0.471 e. The Morgan fingerprint density at radius 2 is 2.03 bits per heavy atom. The highest BCUT2D eigenvalue weighted by Gasteiger charge is 2.33. The van der Waals surface area contributed by atoms with Crippen LogP contribution in [0.2, 0.25) is 0 Å². The molecule has 1 saturated heterocycles. The zero-order chi connectivity index (χ0) is 27.3. The van der Waals surface area contributed by atoms with Crippen molar-refractivity contribution >= 4 is 33.9 Å². The average molecular weight is 554 g/mol. The number of ether oxygens (including phenoxy) is 1. The molecule has 0 radical (unpaired) electrons. The first-order valence-electron chi connectivity index (χ1n) is 12.1. The number of likely N-dealkylation sites (tertiary alicyclic amines) is 1. The minimum atomic E-state index is -4.61. The molecule has 0 aromatic carbocycles. The number of carbonyl (C=O) groups is 1. The van der Waals surface area contributed by atoms with Gasteiger partial charge in [0.25, 0.3) is 5.91 Å². The van der Waals surface area contributed by atoms with Gasteiger partial charge < -0.3 is 20.3 Å². The highest BCUT2D eigenvalue weighted by Crippen LogP contribution is 2.30. The molecule has 1 aliphatic heterocycles. The second-order valence-electron chi connectivity index (χ2n) is 8.84. The number of unbranched alkanes of at least 4 members (excludes halogenated alkanes) is 1. The maximum Gasteiger partial charge on any atom is 0.434 e. The summed E-state index contributed by atoms with van der Waals surface area (Å²) in [5.41, 5.74) is -0.130. The van der Waals surface area contributed by atoms with Crippen LogP contribution in [0.15, 0.2) is 30.7 Å². The molecule has 0 saturated carbocycles. The van der Waals surface area contributed by atoms with Crippen molar-refractivity contribution in [3.05, 3.63) is 47.7 Å². The Kier molecular flexibility index (Phi) is 8.72. The molecular formula is C24H27F4N7O2S. The number of alkyl halides is 4. The van der Waals surface area contributed by atoms with Crippen molar-refractivity contribution in [2.75, 3.05) is 30.3 Å². The Labute approximate surface area is 220 Å². The Morgan fingerprint density at radius 3 is 2.66 bits per heavy atom. The smallest absolute Gasteiger partial charge is 0.434 e. The molecule has 3 aromatic heterocycles. The van der Waals surface area contributed by atoms with Crippen LogP contribution in [0.25, 0.3) is 0 Å². The van der Waals surface area contributed by atoms with Crippen LogP contribution in [-0.4, -0.2) is 62.0 Å². The van der Waals surface area contributed by atoms with Crippen LogP contribution in [0.1, 0.15) is 47.9 Å². The number of hydrogen-bond acceptors (Lipinski definition) is 9. The normalized spacial score (nSPS) is 18.3. The second-order valence-corrected chi connectivity index (χ2v) is 9.61. The summed E-state index contributed by atoms with van der Waals surface area (Å²) < 4.78 is 62.7. The maximum absolute atomic E-state index is 14.6. The minimum absolute atomic E-state index is 0.0289. The first-order chi connectivity index (χ1) is 18.1. The fourth-order valence-electron chi connectivity index (χ4n) is 3.91. The quantitative estimate of drug-likeness (QED) is 0.347. The van der Waals surface area contributed by atoms with Gasteiger partial charge in [-0.3, -0.25) is 4.79 Å². The fraction of sp³-hybridized carbons (Fsp3) is 0.458. The molecule has 1 fully saturated rings. The summed E-state index contributed by atoms with van der Waals surface area (Å²) in [5, 5.41) is 5.79. The molecule has 38 heavy (non-hydrogen) atoms. The number of hydrogen-bond donors (Lipinski definition) is 2. The summed E-state index contributed by atoms with van der Waals surface area (Å²) in [6.45, 7) is 5.71. The lowest BCUT2D eigenvalue weighted by Crippen LogP contribution is -2.47. The summed E-state index contributed by atoms with van der Waals surface area (Å²) >= 11 is 0.959. The molecular weight excluding hydrogens is 526 g/mol. The van der Waals surface area contributed by atoms with Crippen LogP contribution in [0.4, 0.5) is 34.1 Å². The number of amides is 1. The van der Waals surface area contributed by atoms with Gasteiger partial charge in [0.15, 0.2) is 5.69 Å². The van der Waals surface area contributed by atoms with E-state index in [0.717, 1.165) is 43.7 Å². The van der Waals surface area contributed by atoms with E-state index in [2.05, 4.69) is 41.8 Å². The summed E-state index contributed by atoms with van der Waals surface area (Å²) in [4.78, 5) is 26.3. The summed E-state index contributed by atoms with van der Waals surface area (Å²) in [7, 11) is 0. The number of aromatic nitrogens is 4. The van der Waals surface area contributed by atoms with Gasteiger partial charge in [-0.25, -0.2) is 19.3 Å². The predicted octanol–water partition coefficient (Wildman–Crippen LogP) is 5.24. The zero-order valence-electron chi connectivity index (χ0n) is 20.8. The zero-order valence-corrected chi connectivity index (χ0v) is 21.6. The largest absolute Gasteiger partial charge is 0.471 e. The SMILES string of the molecule is CCCCN1CC[C@@H](Oc2ccc(NC(=O)c3c(C)nsc3Nc3cnc(C(F)(F)F)cn3)cn2)[C@H](F)C1. The van der Waals surface area contributed by atoms with Crippen LogP contribution in [0, 0.1) is 6.92 Å². The van der Waals surface area contributed by atoms with Crippen molar-refractivity contribution in [1.82, 2.24) is 24.2 Å². The molecule has 2 atom stereocenters. The van der Waals surface area contributed by atoms with E-state index in [9.17, 15) is 22.4 Å². The lowest BCUT2D eigenvalue weighted by atomic mass is 10.1. The third-order valence-corrected chi connectivity index (χ3v) is 6.79. The molecule has 2 N–H and O–H groups in total. The van der Waals surface area contributed by atoms with E-state index in [4.69, 9.17) is 4.74 Å². The predicted molar refractivity (Wildman–Crippen MR) is 135 cm³/mol. The van der Waals surface area contributed by atoms with Crippen LogP contribution in [0.3, 0.4) is 0 Å². The van der Waals surface area contributed by atoms with Gasteiger partial charge in [0.1, 0.15) is 23.1 Å². The van der Waals surface area contributed by atoms with Crippen LogP contribution < -0.4 is 15.4 Å². The van der Waals surface area contributed by atoms with Crippen molar-refractivity contribution in [1.29, 1.82) is 0 Å². The number of pyridine rings is 1. The van der Waals surface area contributed by atoms with Gasteiger partial charge in [0, 0.05) is 19.2 Å². The highest BCUT2D eigenvalue weighted by atomic mass is 32.1. The Balaban J connectivity index is 1.35. The molecule has 4 heterocycles. The first kappa shape index (κ1) is 27.6. The average Bonchev–Trinajstić information content (AvgIpc) is 3.25. The van der Waals surface area contributed by atoms with Gasteiger partial charge in [0.05, 0.1) is 35.5 Å². The van der Waals surface area contributed by atoms with E-state index in [1.165, 1.54) is 6.20 Å². The van der Waals surface area contributed by atoms with Gasteiger partial charge in [0.2, 0.25) is 5.88 Å². The van der Waals surface area contributed by atoms with E-state index in [-0.39, 0.29) is 17.3 Å². The summed E-state index contributed by atoms with van der Waals surface area (Å²) in [6.07, 6.45) is -0.701. The lowest BCUT2D eigenvalue weighted by Gasteiger charge is -2.34. The van der Waals surface area contributed by atoms with Crippen molar-refractivity contribution in [2.24, 2.45) is 0 Å². The monoisotopic (exact) mass is 553 g/mol. The van der Waals surface area contributed by atoms with Gasteiger partial charge in [-0.05, 0) is 43.9 Å². The Morgan fingerprint density at radius 1 is 1.21 bits per heavy atom. The van der Waals surface area contributed by atoms with Gasteiger partial charge >= 0.3 is 6.18 Å². The topological polar surface area (TPSA) is 105 Å². The van der Waals surface area contributed by atoms with E-state index >= 15 is 0 Å². The first-order valence-corrected chi connectivity index (χ1v) is 12.8. The third kappa shape index (κ3) is 6.92. The number of carbonyl (C=O) groups excluding carboxylic acids is 1. The Bertz CT molecular complexity index is 1220. The van der Waals surface area contributed by atoms with Gasteiger partial charge in [-0.2, -0.15) is 17.5 Å². The summed E-state index contributed by atoms with van der Waals surface area (Å²) in [6, 6.07) is 3.15. The van der Waals surface area contributed by atoms with Gasteiger partial charge in [-0.15, -0.1) is 0 Å². The van der Waals surface area contributed by atoms with E-state index in [0.29, 0.717) is 35.5 Å². The van der Waals surface area contributed by atoms with Crippen molar-refractivity contribution < 1.29 is 27.1 Å². The molecule has 9 nitrogen and oxygen atoms in total. The number of nitrogens with one attached hydrogen (secondary N) is 2. The number of nitrogens with zero attached hydrogens (tertiary/aromatic N) is 5. The maximum atomic E-state index is 14.6. The molecule has 0 aliphatic carbocycles. The number of aryl methyl sites for hydroxylation is 1. The molecule has 0 spiro atoms. The van der Waals surface area contributed by atoms with Gasteiger partial charge in [-0.1, -0.05) is 13.3 Å². The van der Waals surface area contributed by atoms with Crippen LogP contribution >= 0.6 is 11.5 Å². The molecule has 204 valence electrons. The van der Waals surface area contributed by atoms with E-state index in [1.807, 2.05) is 0 Å². The molecule has 4 rings (SSSR count). The van der Waals surface area contributed by atoms with E-state index < -0.39 is 30.1 Å². The van der Waals surface area contributed by atoms with Crippen molar-refractivity contribution in [3.8, 4) is 5.88 Å². The number of halogens is 4. The molecule has 3 aromatic rings. The fourth-order valence-corrected chi connectivity index (χ4v) is 4.72. The standard InChI is InChI=1S/C24H27F4N7O2S/c1-3-4-8-35-9-7-17(16(25)13-35)37-20-6-5-15(10-31-20)32-22(36)21-14(2)34-38-23(21)33-19-12-29-18(11-30-19)24(26,27)28/h5-6,10-12,16-17H,3-4,7-9,13H2,1-2H3,(H,30,33)(H,32,36)/t16-,17-/m1/s1. The lowest BCUT2D eigenvalue weighted by molar-refractivity contribution is -0.141. The number of piperidine rings is 1. The molecule has 1 amide bonds. The van der Waals surface area contributed by atoms with Crippen LogP contribution in [0.5, 0.6) is 5.88 Å². The van der Waals surface area contributed by atoms with E-state index in [1.54, 1.807) is 19.1 Å². The number of rotatable bonds is 9.